The predicted octanol–water partition coefficient (Wildman–Crippen LogP) is 2.17. The maximum atomic E-state index is 11.1. The first kappa shape index (κ1) is 12.3. The van der Waals surface area contributed by atoms with Crippen molar-refractivity contribution >= 4 is 17.6 Å². The Hall–Kier alpha value is -1.13. The van der Waals surface area contributed by atoms with Crippen molar-refractivity contribution in [2.75, 3.05) is 6.54 Å². The molecule has 0 aliphatic carbocycles. The second-order valence-corrected chi connectivity index (χ2v) is 4.70. The lowest BCUT2D eigenvalue weighted by atomic mass is 10.0. The van der Waals surface area contributed by atoms with Gasteiger partial charge >= 0.3 is 5.97 Å². The highest BCUT2D eigenvalue weighted by Gasteiger charge is 2.28. The zero-order valence-electron chi connectivity index (χ0n) is 9.47. The molecule has 2 rings (SSSR count). The summed E-state index contributed by atoms with van der Waals surface area (Å²) in [6.45, 7) is 1.46. The van der Waals surface area contributed by atoms with Crippen LogP contribution < -0.4 is 0 Å². The minimum atomic E-state index is -0.730. The third-order valence-electron chi connectivity index (χ3n) is 3.07. The molecule has 4 nitrogen and oxygen atoms in total. The molecule has 1 fully saturated rings. The van der Waals surface area contributed by atoms with Crippen LogP contribution in [-0.2, 0) is 11.3 Å². The first-order valence-electron chi connectivity index (χ1n) is 5.74. The minimum Gasteiger partial charge on any atom is -0.480 e. The Morgan fingerprint density at radius 2 is 2.35 bits per heavy atom. The first-order chi connectivity index (χ1) is 8.16. The molecule has 1 saturated heterocycles. The number of likely N-dealkylation sites (tertiary alicyclic amines) is 1. The van der Waals surface area contributed by atoms with Gasteiger partial charge in [-0.2, -0.15) is 0 Å². The van der Waals surface area contributed by atoms with Crippen LogP contribution >= 0.6 is 11.6 Å². The number of hydrogen-bond donors (Lipinski definition) is 1. The van der Waals surface area contributed by atoms with Crippen molar-refractivity contribution in [3.05, 3.63) is 29.0 Å². The SMILES string of the molecule is O=C(O)[C@H]1CCCCN1Cc1ccc(Cl)nc1. The van der Waals surface area contributed by atoms with E-state index >= 15 is 0 Å². The van der Waals surface area contributed by atoms with Gasteiger partial charge in [0, 0.05) is 12.7 Å². The van der Waals surface area contributed by atoms with Gasteiger partial charge in [-0.3, -0.25) is 9.69 Å². The molecule has 92 valence electrons. The van der Waals surface area contributed by atoms with E-state index in [1.807, 2.05) is 11.0 Å². The molecule has 1 aliphatic heterocycles. The van der Waals surface area contributed by atoms with Gasteiger partial charge in [0.05, 0.1) is 0 Å². The summed E-state index contributed by atoms with van der Waals surface area (Å²) >= 11 is 5.71. The lowest BCUT2D eigenvalue weighted by molar-refractivity contribution is -0.144. The van der Waals surface area contributed by atoms with Gasteiger partial charge in [-0.25, -0.2) is 4.98 Å². The van der Waals surface area contributed by atoms with Gasteiger partial charge in [-0.15, -0.1) is 0 Å². The number of carboxylic acids is 1. The maximum absolute atomic E-state index is 11.1. The van der Waals surface area contributed by atoms with E-state index in [0.29, 0.717) is 11.7 Å². The number of hydrogen-bond acceptors (Lipinski definition) is 3. The average Bonchev–Trinajstić information content (AvgIpc) is 2.32. The van der Waals surface area contributed by atoms with Crippen molar-refractivity contribution in [2.24, 2.45) is 0 Å². The Balaban J connectivity index is 2.05. The molecule has 0 saturated carbocycles. The predicted molar refractivity (Wildman–Crippen MR) is 64.9 cm³/mol. The quantitative estimate of drug-likeness (QED) is 0.840. The summed E-state index contributed by atoms with van der Waals surface area (Å²) in [6, 6.07) is 3.26. The fourth-order valence-electron chi connectivity index (χ4n) is 2.19. The molecular weight excluding hydrogens is 240 g/mol. The zero-order chi connectivity index (χ0) is 12.3. The summed E-state index contributed by atoms with van der Waals surface area (Å²) in [5.74, 6) is -0.730. The number of halogens is 1. The molecule has 0 bridgehead atoms. The van der Waals surface area contributed by atoms with Crippen LogP contribution in [0.15, 0.2) is 18.3 Å². The molecule has 2 heterocycles. The van der Waals surface area contributed by atoms with Gasteiger partial charge in [-0.05, 0) is 31.0 Å². The van der Waals surface area contributed by atoms with Crippen LogP contribution in [0.4, 0.5) is 0 Å². The van der Waals surface area contributed by atoms with E-state index in [0.717, 1.165) is 31.4 Å². The van der Waals surface area contributed by atoms with Crippen LogP contribution in [0.1, 0.15) is 24.8 Å². The number of rotatable bonds is 3. The van der Waals surface area contributed by atoms with Crippen molar-refractivity contribution in [3.8, 4) is 0 Å². The van der Waals surface area contributed by atoms with E-state index in [4.69, 9.17) is 16.7 Å². The highest BCUT2D eigenvalue weighted by molar-refractivity contribution is 6.29. The second-order valence-electron chi connectivity index (χ2n) is 4.31. The number of nitrogens with zero attached hydrogens (tertiary/aromatic N) is 2. The zero-order valence-corrected chi connectivity index (χ0v) is 10.2. The number of aliphatic carboxylic acids is 1. The van der Waals surface area contributed by atoms with Gasteiger partial charge < -0.3 is 5.11 Å². The first-order valence-corrected chi connectivity index (χ1v) is 6.12. The molecule has 0 aromatic carbocycles. The molecule has 0 amide bonds. The molecule has 0 spiro atoms. The van der Waals surface area contributed by atoms with E-state index < -0.39 is 5.97 Å². The summed E-state index contributed by atoms with van der Waals surface area (Å²) in [7, 11) is 0. The molecule has 1 aromatic heterocycles. The monoisotopic (exact) mass is 254 g/mol. The van der Waals surface area contributed by atoms with Crippen LogP contribution in [0.3, 0.4) is 0 Å². The molecule has 0 unspecified atom stereocenters. The molecule has 0 radical (unpaired) electrons. The maximum Gasteiger partial charge on any atom is 0.320 e. The van der Waals surface area contributed by atoms with Crippen molar-refractivity contribution in [1.82, 2.24) is 9.88 Å². The van der Waals surface area contributed by atoms with E-state index in [9.17, 15) is 4.79 Å². The van der Waals surface area contributed by atoms with E-state index in [2.05, 4.69) is 4.98 Å². The van der Waals surface area contributed by atoms with Crippen molar-refractivity contribution in [2.45, 2.75) is 31.8 Å². The minimum absolute atomic E-state index is 0.362. The Kier molecular flexibility index (Phi) is 3.97. The Labute approximate surface area is 105 Å². The number of carbonyl (C=O) groups is 1. The molecule has 5 heteroatoms. The van der Waals surface area contributed by atoms with Crippen molar-refractivity contribution in [3.63, 3.8) is 0 Å². The van der Waals surface area contributed by atoms with Crippen molar-refractivity contribution < 1.29 is 9.90 Å². The number of piperidine rings is 1. The summed E-state index contributed by atoms with van der Waals surface area (Å²) in [5, 5.41) is 9.61. The summed E-state index contributed by atoms with van der Waals surface area (Å²) in [4.78, 5) is 17.1. The molecule has 1 aromatic rings. The van der Waals surface area contributed by atoms with Gasteiger partial charge in [0.2, 0.25) is 0 Å². The van der Waals surface area contributed by atoms with E-state index in [1.165, 1.54) is 0 Å². The summed E-state index contributed by atoms with van der Waals surface area (Å²) in [5.41, 5.74) is 1.00. The Morgan fingerprint density at radius 3 is 3.00 bits per heavy atom. The summed E-state index contributed by atoms with van der Waals surface area (Å²) < 4.78 is 0. The number of carboxylic acid groups (broad SMARTS) is 1. The van der Waals surface area contributed by atoms with Crippen molar-refractivity contribution in [1.29, 1.82) is 0 Å². The smallest absolute Gasteiger partial charge is 0.320 e. The lowest BCUT2D eigenvalue weighted by Crippen LogP contribution is -2.44. The average molecular weight is 255 g/mol. The topological polar surface area (TPSA) is 53.4 Å². The number of pyridine rings is 1. The molecule has 1 N–H and O–H groups in total. The van der Waals surface area contributed by atoms with Crippen LogP contribution in [0.25, 0.3) is 0 Å². The van der Waals surface area contributed by atoms with Crippen LogP contribution in [0.2, 0.25) is 5.15 Å². The van der Waals surface area contributed by atoms with Gasteiger partial charge in [0.1, 0.15) is 11.2 Å². The normalized spacial score (nSPS) is 21.4. The van der Waals surface area contributed by atoms with Gasteiger partial charge in [-0.1, -0.05) is 24.1 Å². The third-order valence-corrected chi connectivity index (χ3v) is 3.30. The molecule has 17 heavy (non-hydrogen) atoms. The third kappa shape index (κ3) is 3.17. The molecule has 1 aliphatic rings. The largest absolute Gasteiger partial charge is 0.480 e. The highest BCUT2D eigenvalue weighted by atomic mass is 35.5. The molecular formula is C12H15ClN2O2. The van der Waals surface area contributed by atoms with Gasteiger partial charge in [0.15, 0.2) is 0 Å². The van der Waals surface area contributed by atoms with Gasteiger partial charge in [0.25, 0.3) is 0 Å². The summed E-state index contributed by atoms with van der Waals surface area (Å²) in [6.07, 6.45) is 4.49. The number of aromatic nitrogens is 1. The van der Waals surface area contributed by atoms with Crippen LogP contribution in [-0.4, -0.2) is 33.5 Å². The van der Waals surface area contributed by atoms with E-state index in [1.54, 1.807) is 12.3 Å². The fraction of sp³-hybridized carbons (Fsp3) is 0.500. The lowest BCUT2D eigenvalue weighted by Gasteiger charge is -2.32. The van der Waals surface area contributed by atoms with Crippen LogP contribution in [0.5, 0.6) is 0 Å². The fourth-order valence-corrected chi connectivity index (χ4v) is 2.31. The Bertz CT molecular complexity index is 394. The molecule has 1 atom stereocenters. The van der Waals surface area contributed by atoms with Crippen LogP contribution in [0, 0.1) is 0 Å². The second kappa shape index (κ2) is 5.47. The highest BCUT2D eigenvalue weighted by Crippen LogP contribution is 2.20. The Morgan fingerprint density at radius 1 is 1.53 bits per heavy atom. The standard InChI is InChI=1S/C12H15ClN2O2/c13-11-5-4-9(7-14-11)8-15-6-2-1-3-10(15)12(16)17/h4-5,7,10H,1-3,6,8H2,(H,16,17)/t10-/m1/s1. The van der Waals surface area contributed by atoms with E-state index in [-0.39, 0.29) is 6.04 Å².